The summed E-state index contributed by atoms with van der Waals surface area (Å²) in [4.78, 5) is 2.36. The van der Waals surface area contributed by atoms with Crippen LogP contribution in [0, 0.1) is 6.61 Å². The molecule has 0 amide bonds. The molecule has 0 aliphatic carbocycles. The summed E-state index contributed by atoms with van der Waals surface area (Å²) in [6.45, 7) is 7.29. The van der Waals surface area contributed by atoms with Gasteiger partial charge in [-0.3, -0.25) is 4.90 Å². The topological polar surface area (TPSA) is 21.7 Å². The van der Waals surface area contributed by atoms with Gasteiger partial charge in [-0.05, 0) is 5.56 Å². The smallest absolute Gasteiger partial charge is 0.113 e. The molecule has 1 heterocycles. The summed E-state index contributed by atoms with van der Waals surface area (Å²) in [5, 5.41) is 0. The molecular formula is C13H18NO2. The van der Waals surface area contributed by atoms with Gasteiger partial charge in [-0.15, -0.1) is 0 Å². The molecule has 0 aromatic heterocycles. The van der Waals surface area contributed by atoms with Crippen LogP contribution in [0.3, 0.4) is 0 Å². The summed E-state index contributed by atoms with van der Waals surface area (Å²) in [5.41, 5.74) is 1.12. The van der Waals surface area contributed by atoms with Crippen LogP contribution in [0.4, 0.5) is 0 Å². The Bertz CT molecular complexity index is 283. The first-order valence-corrected chi connectivity index (χ1v) is 5.75. The Labute approximate surface area is 97.0 Å². The number of benzene rings is 1. The molecule has 1 aliphatic heterocycles. The number of nitrogens with zero attached hydrogens (tertiary/aromatic N) is 1. The molecule has 0 bridgehead atoms. The molecule has 1 saturated heterocycles. The molecule has 0 saturated carbocycles. The van der Waals surface area contributed by atoms with Gasteiger partial charge in [0.2, 0.25) is 0 Å². The molecule has 0 spiro atoms. The summed E-state index contributed by atoms with van der Waals surface area (Å²) in [6, 6.07) is 10.1. The summed E-state index contributed by atoms with van der Waals surface area (Å²) in [5.74, 6) is 0. The fourth-order valence-corrected chi connectivity index (χ4v) is 1.69. The minimum Gasteiger partial charge on any atom is -0.379 e. The molecule has 16 heavy (non-hydrogen) atoms. The summed E-state index contributed by atoms with van der Waals surface area (Å²) < 4.78 is 10.8. The minimum atomic E-state index is 0.745. The number of ether oxygens (including phenoxy) is 2. The Morgan fingerprint density at radius 3 is 2.69 bits per heavy atom. The van der Waals surface area contributed by atoms with E-state index in [1.54, 1.807) is 0 Å². The minimum absolute atomic E-state index is 0.745. The quantitative estimate of drug-likeness (QED) is 0.703. The Kier molecular flexibility index (Phi) is 4.80. The molecule has 1 aromatic rings. The second kappa shape index (κ2) is 6.63. The van der Waals surface area contributed by atoms with Gasteiger partial charge in [0, 0.05) is 19.6 Å². The maximum atomic E-state index is 5.51. The van der Waals surface area contributed by atoms with Crippen LogP contribution in [0.2, 0.25) is 0 Å². The molecule has 1 radical (unpaired) electrons. The normalized spacial score (nSPS) is 17.5. The molecule has 3 nitrogen and oxygen atoms in total. The van der Waals surface area contributed by atoms with E-state index >= 15 is 0 Å². The van der Waals surface area contributed by atoms with Gasteiger partial charge in [0.05, 0.1) is 19.8 Å². The van der Waals surface area contributed by atoms with E-state index in [0.29, 0.717) is 0 Å². The van der Waals surface area contributed by atoms with E-state index in [4.69, 9.17) is 9.47 Å². The van der Waals surface area contributed by atoms with Crippen molar-refractivity contribution in [3.63, 3.8) is 0 Å². The summed E-state index contributed by atoms with van der Waals surface area (Å²) in [6.07, 6.45) is 0. The standard InChI is InChI=1S/C13H18NO2/c1-2-4-13(5-3-1)12-16-11-8-14-6-9-15-10-7-14/h1-5,12H,6-11H2. The third-order valence-corrected chi connectivity index (χ3v) is 2.65. The molecule has 1 aliphatic rings. The lowest BCUT2D eigenvalue weighted by Crippen LogP contribution is -2.38. The molecule has 2 rings (SSSR count). The van der Waals surface area contributed by atoms with Crippen LogP contribution in [0.5, 0.6) is 0 Å². The van der Waals surface area contributed by atoms with E-state index in [2.05, 4.69) is 4.90 Å². The second-order valence-electron chi connectivity index (χ2n) is 3.85. The van der Waals surface area contributed by atoms with Crippen molar-refractivity contribution in [1.82, 2.24) is 4.90 Å². The monoisotopic (exact) mass is 220 g/mol. The number of hydrogen-bond donors (Lipinski definition) is 0. The predicted molar refractivity (Wildman–Crippen MR) is 63.1 cm³/mol. The van der Waals surface area contributed by atoms with Gasteiger partial charge < -0.3 is 9.47 Å². The molecule has 1 aromatic carbocycles. The summed E-state index contributed by atoms with van der Waals surface area (Å²) in [7, 11) is 0. The fourth-order valence-electron chi connectivity index (χ4n) is 1.69. The van der Waals surface area contributed by atoms with Gasteiger partial charge >= 0.3 is 0 Å². The SMILES string of the molecule is [CH](OCCN1CCOCC1)c1ccccc1. The van der Waals surface area contributed by atoms with Gasteiger partial charge in [0.1, 0.15) is 6.61 Å². The molecule has 3 heteroatoms. The highest BCUT2D eigenvalue weighted by Crippen LogP contribution is 2.03. The average molecular weight is 220 g/mol. The van der Waals surface area contributed by atoms with Crippen LogP contribution >= 0.6 is 0 Å². The first-order chi connectivity index (χ1) is 7.95. The Hall–Kier alpha value is -0.900. The Morgan fingerprint density at radius 1 is 1.19 bits per heavy atom. The zero-order chi connectivity index (χ0) is 11.1. The first-order valence-electron chi connectivity index (χ1n) is 5.75. The highest BCUT2D eigenvalue weighted by Gasteiger charge is 2.09. The maximum Gasteiger partial charge on any atom is 0.113 e. The van der Waals surface area contributed by atoms with Gasteiger partial charge in [-0.2, -0.15) is 0 Å². The van der Waals surface area contributed by atoms with E-state index in [1.165, 1.54) is 0 Å². The fraction of sp³-hybridized carbons (Fsp3) is 0.462. The molecule has 87 valence electrons. The van der Waals surface area contributed by atoms with Gasteiger partial charge in [0.15, 0.2) is 0 Å². The van der Waals surface area contributed by atoms with Crippen molar-refractivity contribution in [3.8, 4) is 0 Å². The highest BCUT2D eigenvalue weighted by atomic mass is 16.5. The van der Waals surface area contributed by atoms with Crippen molar-refractivity contribution in [2.75, 3.05) is 39.5 Å². The van der Waals surface area contributed by atoms with E-state index in [0.717, 1.165) is 45.0 Å². The average Bonchev–Trinajstić information content (AvgIpc) is 2.37. The highest BCUT2D eigenvalue weighted by molar-refractivity contribution is 5.19. The van der Waals surface area contributed by atoms with Gasteiger partial charge in [-0.1, -0.05) is 30.3 Å². The van der Waals surface area contributed by atoms with Crippen LogP contribution in [0.15, 0.2) is 30.3 Å². The van der Waals surface area contributed by atoms with Gasteiger partial charge in [0.25, 0.3) is 0 Å². The zero-order valence-corrected chi connectivity index (χ0v) is 9.47. The van der Waals surface area contributed by atoms with Crippen molar-refractivity contribution in [2.45, 2.75) is 0 Å². The summed E-state index contributed by atoms with van der Waals surface area (Å²) >= 11 is 0. The Morgan fingerprint density at radius 2 is 1.94 bits per heavy atom. The largest absolute Gasteiger partial charge is 0.379 e. The Balaban J connectivity index is 1.58. The molecule has 0 unspecified atom stereocenters. The van der Waals surface area contributed by atoms with Crippen molar-refractivity contribution in [3.05, 3.63) is 42.5 Å². The third kappa shape index (κ3) is 3.93. The lowest BCUT2D eigenvalue weighted by Gasteiger charge is -2.26. The molecule has 1 fully saturated rings. The maximum absolute atomic E-state index is 5.51. The third-order valence-electron chi connectivity index (χ3n) is 2.65. The van der Waals surface area contributed by atoms with E-state index in [1.807, 2.05) is 36.9 Å². The van der Waals surface area contributed by atoms with Crippen LogP contribution < -0.4 is 0 Å². The van der Waals surface area contributed by atoms with Crippen LogP contribution in [-0.4, -0.2) is 44.4 Å². The van der Waals surface area contributed by atoms with E-state index in [9.17, 15) is 0 Å². The zero-order valence-electron chi connectivity index (χ0n) is 9.47. The van der Waals surface area contributed by atoms with E-state index in [-0.39, 0.29) is 0 Å². The first kappa shape index (κ1) is 11.6. The second-order valence-corrected chi connectivity index (χ2v) is 3.85. The number of hydrogen-bond acceptors (Lipinski definition) is 3. The van der Waals surface area contributed by atoms with Crippen molar-refractivity contribution in [2.24, 2.45) is 0 Å². The number of morpholine rings is 1. The predicted octanol–water partition coefficient (Wildman–Crippen LogP) is 1.55. The molecule has 0 atom stereocenters. The molecular weight excluding hydrogens is 202 g/mol. The lowest BCUT2D eigenvalue weighted by molar-refractivity contribution is 0.0274. The van der Waals surface area contributed by atoms with Crippen molar-refractivity contribution in [1.29, 1.82) is 0 Å². The van der Waals surface area contributed by atoms with E-state index < -0.39 is 0 Å². The van der Waals surface area contributed by atoms with Crippen molar-refractivity contribution < 1.29 is 9.47 Å². The van der Waals surface area contributed by atoms with Crippen molar-refractivity contribution >= 4 is 0 Å². The lowest BCUT2D eigenvalue weighted by atomic mass is 10.2. The van der Waals surface area contributed by atoms with Gasteiger partial charge in [-0.25, -0.2) is 0 Å². The van der Waals surface area contributed by atoms with Crippen LogP contribution in [0.25, 0.3) is 0 Å². The number of rotatable bonds is 5. The van der Waals surface area contributed by atoms with Crippen LogP contribution in [-0.2, 0) is 9.47 Å². The van der Waals surface area contributed by atoms with Crippen LogP contribution in [0.1, 0.15) is 5.56 Å². The molecule has 0 N–H and O–H groups in total.